The van der Waals surface area contributed by atoms with E-state index in [4.69, 9.17) is 9.47 Å². The Kier molecular flexibility index (Phi) is 4.58. The van der Waals surface area contributed by atoms with Crippen LogP contribution in [0.3, 0.4) is 0 Å². The van der Waals surface area contributed by atoms with Gasteiger partial charge in [-0.1, -0.05) is 0 Å². The molecule has 3 nitrogen and oxygen atoms in total. The maximum absolute atomic E-state index is 13.1. The molecule has 1 N–H and O–H groups in total. The van der Waals surface area contributed by atoms with E-state index in [0.717, 1.165) is 19.5 Å². The molecule has 0 saturated carbocycles. The van der Waals surface area contributed by atoms with Crippen LogP contribution in [0.15, 0.2) is 12.1 Å². The molecule has 2 rings (SSSR count). The van der Waals surface area contributed by atoms with Crippen molar-refractivity contribution in [3.05, 3.63) is 23.3 Å². The Bertz CT molecular complexity index is 432. The average Bonchev–Trinajstić information content (AvgIpc) is 2.90. The standard InChI is InChI=1S/C14H19F2NO2/c1-18-12-6-10(5-9-3-4-17-8-9)11(14(15)16)7-13(12)19-2/h6-7,9,14,17H,3-5,8H2,1-2H3. The highest BCUT2D eigenvalue weighted by atomic mass is 19.3. The molecule has 1 unspecified atom stereocenters. The van der Waals surface area contributed by atoms with Crippen molar-refractivity contribution < 1.29 is 18.3 Å². The van der Waals surface area contributed by atoms with Crippen molar-refractivity contribution in [2.75, 3.05) is 27.3 Å². The number of hydrogen-bond acceptors (Lipinski definition) is 3. The molecule has 0 bridgehead atoms. The molecule has 1 aliphatic heterocycles. The summed E-state index contributed by atoms with van der Waals surface area (Å²) in [4.78, 5) is 0. The van der Waals surface area contributed by atoms with Gasteiger partial charge in [-0.2, -0.15) is 0 Å². The van der Waals surface area contributed by atoms with Crippen molar-refractivity contribution in [3.8, 4) is 11.5 Å². The lowest BCUT2D eigenvalue weighted by Crippen LogP contribution is -2.12. The van der Waals surface area contributed by atoms with E-state index in [1.807, 2.05) is 0 Å². The lowest BCUT2D eigenvalue weighted by Gasteiger charge is -2.16. The number of alkyl halides is 2. The van der Waals surface area contributed by atoms with Crippen LogP contribution in [0.25, 0.3) is 0 Å². The summed E-state index contributed by atoms with van der Waals surface area (Å²) in [7, 11) is 2.97. The van der Waals surface area contributed by atoms with Crippen molar-refractivity contribution in [1.29, 1.82) is 0 Å². The minimum Gasteiger partial charge on any atom is -0.493 e. The van der Waals surface area contributed by atoms with Gasteiger partial charge in [0.15, 0.2) is 11.5 Å². The molecule has 5 heteroatoms. The van der Waals surface area contributed by atoms with Crippen LogP contribution in [-0.4, -0.2) is 27.3 Å². The number of halogens is 2. The van der Waals surface area contributed by atoms with Crippen LogP contribution in [0, 0.1) is 5.92 Å². The van der Waals surface area contributed by atoms with Crippen molar-refractivity contribution in [2.24, 2.45) is 5.92 Å². The van der Waals surface area contributed by atoms with Gasteiger partial charge in [-0.3, -0.25) is 0 Å². The number of ether oxygens (including phenoxy) is 2. The second kappa shape index (κ2) is 6.19. The summed E-state index contributed by atoms with van der Waals surface area (Å²) in [6.45, 7) is 1.85. The van der Waals surface area contributed by atoms with Gasteiger partial charge in [0.1, 0.15) is 0 Å². The molecule has 1 aliphatic rings. The van der Waals surface area contributed by atoms with Crippen molar-refractivity contribution in [2.45, 2.75) is 19.3 Å². The Labute approximate surface area is 111 Å². The monoisotopic (exact) mass is 271 g/mol. The van der Waals surface area contributed by atoms with E-state index in [2.05, 4.69) is 5.32 Å². The number of benzene rings is 1. The van der Waals surface area contributed by atoms with Gasteiger partial charge in [-0.25, -0.2) is 8.78 Å². The number of rotatable bonds is 5. The summed E-state index contributed by atoms with van der Waals surface area (Å²) in [6.07, 6.45) is -0.825. The summed E-state index contributed by atoms with van der Waals surface area (Å²) < 4.78 is 36.6. The van der Waals surface area contributed by atoms with Crippen molar-refractivity contribution in [1.82, 2.24) is 5.32 Å². The molecule has 1 saturated heterocycles. The van der Waals surface area contributed by atoms with E-state index in [-0.39, 0.29) is 5.56 Å². The number of methoxy groups -OCH3 is 2. The summed E-state index contributed by atoms with van der Waals surface area (Å²) in [6, 6.07) is 3.07. The first-order valence-corrected chi connectivity index (χ1v) is 6.39. The smallest absolute Gasteiger partial charge is 0.264 e. The van der Waals surface area contributed by atoms with Crippen LogP contribution in [0.2, 0.25) is 0 Å². The molecule has 0 aromatic heterocycles. The molecule has 1 atom stereocenters. The van der Waals surface area contributed by atoms with Gasteiger partial charge in [-0.15, -0.1) is 0 Å². The molecule has 1 aromatic carbocycles. The maximum atomic E-state index is 13.1. The Morgan fingerprint density at radius 3 is 2.47 bits per heavy atom. The normalized spacial score (nSPS) is 18.9. The molecular formula is C14H19F2NO2. The third-order valence-electron chi connectivity index (χ3n) is 3.55. The third kappa shape index (κ3) is 3.15. The third-order valence-corrected chi connectivity index (χ3v) is 3.55. The highest BCUT2D eigenvalue weighted by molar-refractivity contribution is 5.48. The van der Waals surface area contributed by atoms with E-state index in [9.17, 15) is 8.78 Å². The first kappa shape index (κ1) is 14.1. The fraction of sp³-hybridized carbons (Fsp3) is 0.571. The van der Waals surface area contributed by atoms with Gasteiger partial charge in [0.25, 0.3) is 6.43 Å². The summed E-state index contributed by atoms with van der Waals surface area (Å²) >= 11 is 0. The minimum absolute atomic E-state index is 0.0459. The molecule has 0 aliphatic carbocycles. The van der Waals surface area contributed by atoms with E-state index in [0.29, 0.717) is 29.4 Å². The lowest BCUT2D eigenvalue weighted by molar-refractivity contribution is 0.149. The SMILES string of the molecule is COc1cc(CC2CCNC2)c(C(F)F)cc1OC. The Morgan fingerprint density at radius 2 is 1.95 bits per heavy atom. The molecule has 0 spiro atoms. The topological polar surface area (TPSA) is 30.5 Å². The van der Waals surface area contributed by atoms with Crippen LogP contribution in [0.1, 0.15) is 24.0 Å². The Hall–Kier alpha value is -1.36. The van der Waals surface area contributed by atoms with E-state index in [1.54, 1.807) is 6.07 Å². The van der Waals surface area contributed by atoms with E-state index in [1.165, 1.54) is 20.3 Å². The fourth-order valence-corrected chi connectivity index (χ4v) is 2.52. The molecule has 0 amide bonds. The molecule has 19 heavy (non-hydrogen) atoms. The Morgan fingerprint density at radius 1 is 1.26 bits per heavy atom. The zero-order valence-electron chi connectivity index (χ0n) is 11.2. The molecule has 1 aromatic rings. The fourth-order valence-electron chi connectivity index (χ4n) is 2.52. The highest BCUT2D eigenvalue weighted by Gasteiger charge is 2.22. The quantitative estimate of drug-likeness (QED) is 0.893. The van der Waals surface area contributed by atoms with Gasteiger partial charge < -0.3 is 14.8 Å². The number of hydrogen-bond donors (Lipinski definition) is 1. The predicted molar refractivity (Wildman–Crippen MR) is 69.2 cm³/mol. The lowest BCUT2D eigenvalue weighted by atomic mass is 9.94. The zero-order valence-corrected chi connectivity index (χ0v) is 11.2. The number of nitrogens with one attached hydrogen (secondary N) is 1. The van der Waals surface area contributed by atoms with Gasteiger partial charge in [0.05, 0.1) is 14.2 Å². The van der Waals surface area contributed by atoms with Crippen LogP contribution in [-0.2, 0) is 6.42 Å². The second-order valence-corrected chi connectivity index (χ2v) is 4.77. The van der Waals surface area contributed by atoms with Crippen molar-refractivity contribution >= 4 is 0 Å². The predicted octanol–water partition coefficient (Wildman–Crippen LogP) is 2.79. The van der Waals surface area contributed by atoms with Crippen LogP contribution in [0.4, 0.5) is 8.78 Å². The molecule has 106 valence electrons. The first-order valence-electron chi connectivity index (χ1n) is 6.39. The largest absolute Gasteiger partial charge is 0.493 e. The second-order valence-electron chi connectivity index (χ2n) is 4.77. The van der Waals surface area contributed by atoms with Gasteiger partial charge in [0, 0.05) is 5.56 Å². The van der Waals surface area contributed by atoms with Gasteiger partial charge in [-0.05, 0) is 49.5 Å². The molecule has 0 radical (unpaired) electrons. The summed E-state index contributed by atoms with van der Waals surface area (Å²) in [5, 5.41) is 3.25. The molecule has 1 heterocycles. The Balaban J connectivity index is 2.32. The van der Waals surface area contributed by atoms with E-state index < -0.39 is 6.43 Å². The van der Waals surface area contributed by atoms with Crippen LogP contribution < -0.4 is 14.8 Å². The van der Waals surface area contributed by atoms with Crippen LogP contribution in [0.5, 0.6) is 11.5 Å². The van der Waals surface area contributed by atoms with Crippen molar-refractivity contribution in [3.63, 3.8) is 0 Å². The van der Waals surface area contributed by atoms with Crippen LogP contribution >= 0.6 is 0 Å². The summed E-state index contributed by atoms with van der Waals surface area (Å²) in [5.41, 5.74) is 0.700. The van der Waals surface area contributed by atoms with Gasteiger partial charge in [0.2, 0.25) is 0 Å². The highest BCUT2D eigenvalue weighted by Crippen LogP contribution is 2.36. The summed E-state index contributed by atoms with van der Waals surface area (Å²) in [5.74, 6) is 1.27. The zero-order chi connectivity index (χ0) is 13.8. The minimum atomic E-state index is -2.50. The molecular weight excluding hydrogens is 252 g/mol. The molecule has 1 fully saturated rings. The van der Waals surface area contributed by atoms with Gasteiger partial charge >= 0.3 is 0 Å². The first-order chi connectivity index (χ1) is 9.15. The van der Waals surface area contributed by atoms with E-state index >= 15 is 0 Å². The maximum Gasteiger partial charge on any atom is 0.264 e. The average molecular weight is 271 g/mol.